The molecule has 0 aliphatic carbocycles. The largest absolute Gasteiger partial charge is 0.376 e. The molecule has 1 aliphatic rings. The molecule has 0 aromatic carbocycles. The number of rotatable bonds is 4. The highest BCUT2D eigenvalue weighted by Gasteiger charge is 2.22. The van der Waals surface area contributed by atoms with Crippen LogP contribution in [0.25, 0.3) is 11.2 Å². The highest BCUT2D eigenvalue weighted by Crippen LogP contribution is 2.24. The van der Waals surface area contributed by atoms with Gasteiger partial charge in [-0.15, -0.1) is 0 Å². The van der Waals surface area contributed by atoms with Crippen LogP contribution in [0.1, 0.15) is 31.9 Å². The van der Waals surface area contributed by atoms with Gasteiger partial charge in [-0.25, -0.2) is 4.98 Å². The van der Waals surface area contributed by atoms with Crippen molar-refractivity contribution in [1.82, 2.24) is 19.3 Å². The summed E-state index contributed by atoms with van der Waals surface area (Å²) in [6.45, 7) is 3.77. The molecule has 0 amide bonds. The van der Waals surface area contributed by atoms with Crippen molar-refractivity contribution in [3.05, 3.63) is 5.69 Å². The van der Waals surface area contributed by atoms with Crippen LogP contribution in [0.3, 0.4) is 0 Å². The molecule has 3 rings (SSSR count). The molecule has 6 heteroatoms. The molecule has 2 N–H and O–H groups in total. The molecule has 1 aliphatic heterocycles. The summed E-state index contributed by atoms with van der Waals surface area (Å²) in [7, 11) is 1.95. The van der Waals surface area contributed by atoms with E-state index >= 15 is 0 Å². The summed E-state index contributed by atoms with van der Waals surface area (Å²) in [4.78, 5) is 4.50. The fraction of sp³-hybridized carbons (Fsp3) is 0.692. The summed E-state index contributed by atoms with van der Waals surface area (Å²) in [5.74, 6) is 0.566. The van der Waals surface area contributed by atoms with Gasteiger partial charge in [-0.05, 0) is 19.3 Å². The average molecular weight is 263 g/mol. The molecule has 104 valence electrons. The molecule has 0 saturated carbocycles. The van der Waals surface area contributed by atoms with Crippen molar-refractivity contribution in [2.24, 2.45) is 7.05 Å². The maximum absolute atomic E-state index is 6.07. The van der Waals surface area contributed by atoms with Gasteiger partial charge < -0.3 is 10.5 Å². The molecule has 2 aromatic heterocycles. The summed E-state index contributed by atoms with van der Waals surface area (Å²) in [5.41, 5.74) is 9.06. The Bertz CT molecular complexity index is 579. The number of ether oxygens (including phenoxy) is 1. The minimum atomic E-state index is 0.254. The fourth-order valence-electron chi connectivity index (χ4n) is 2.84. The summed E-state index contributed by atoms with van der Waals surface area (Å²) < 4.78 is 9.62. The third-order valence-electron chi connectivity index (χ3n) is 3.72. The third-order valence-corrected chi connectivity index (χ3v) is 3.72. The van der Waals surface area contributed by atoms with Crippen molar-refractivity contribution in [1.29, 1.82) is 0 Å². The van der Waals surface area contributed by atoms with E-state index in [0.717, 1.165) is 55.7 Å². The number of anilines is 1. The molecule has 2 aromatic rings. The van der Waals surface area contributed by atoms with Crippen molar-refractivity contribution in [3.8, 4) is 0 Å². The van der Waals surface area contributed by atoms with Crippen molar-refractivity contribution < 1.29 is 4.74 Å². The van der Waals surface area contributed by atoms with E-state index < -0.39 is 0 Å². The number of hydrogen-bond donors (Lipinski definition) is 1. The lowest BCUT2D eigenvalue weighted by atomic mass is 10.2. The molecular formula is C13H21N5O. The van der Waals surface area contributed by atoms with Gasteiger partial charge in [-0.1, -0.05) is 13.3 Å². The quantitative estimate of drug-likeness (QED) is 0.907. The molecule has 1 unspecified atom stereocenters. The van der Waals surface area contributed by atoms with E-state index in [9.17, 15) is 0 Å². The first kappa shape index (κ1) is 12.5. The van der Waals surface area contributed by atoms with Gasteiger partial charge in [-0.2, -0.15) is 5.10 Å². The number of aryl methyl sites for hydroxylation is 2. The van der Waals surface area contributed by atoms with Crippen LogP contribution in [0.15, 0.2) is 0 Å². The van der Waals surface area contributed by atoms with Crippen molar-refractivity contribution in [2.75, 3.05) is 12.3 Å². The first-order valence-electron chi connectivity index (χ1n) is 7.00. The van der Waals surface area contributed by atoms with Crippen molar-refractivity contribution >= 4 is 17.1 Å². The van der Waals surface area contributed by atoms with E-state index in [1.54, 1.807) is 0 Å². The van der Waals surface area contributed by atoms with Gasteiger partial charge in [0.2, 0.25) is 5.95 Å². The molecule has 1 saturated heterocycles. The molecule has 3 heterocycles. The minimum Gasteiger partial charge on any atom is -0.376 e. The third kappa shape index (κ3) is 2.10. The number of hydrogen-bond acceptors (Lipinski definition) is 4. The van der Waals surface area contributed by atoms with Crippen molar-refractivity contribution in [2.45, 2.75) is 45.3 Å². The van der Waals surface area contributed by atoms with Gasteiger partial charge in [0.25, 0.3) is 0 Å². The lowest BCUT2D eigenvalue weighted by molar-refractivity contribution is 0.0981. The summed E-state index contributed by atoms with van der Waals surface area (Å²) in [6.07, 6.45) is 4.48. The van der Waals surface area contributed by atoms with E-state index in [1.165, 1.54) is 0 Å². The zero-order valence-electron chi connectivity index (χ0n) is 11.6. The number of nitrogens with zero attached hydrogens (tertiary/aromatic N) is 4. The second kappa shape index (κ2) is 4.85. The lowest BCUT2D eigenvalue weighted by Crippen LogP contribution is -2.17. The molecule has 1 atom stereocenters. The Morgan fingerprint density at radius 3 is 3.00 bits per heavy atom. The monoisotopic (exact) mass is 263 g/mol. The number of nitrogen functional groups attached to an aromatic ring is 1. The maximum atomic E-state index is 6.07. The van der Waals surface area contributed by atoms with Crippen LogP contribution in [0.4, 0.5) is 5.95 Å². The Morgan fingerprint density at radius 1 is 1.47 bits per heavy atom. The summed E-state index contributed by atoms with van der Waals surface area (Å²) >= 11 is 0. The van der Waals surface area contributed by atoms with Crippen LogP contribution < -0.4 is 5.73 Å². The molecule has 0 radical (unpaired) electrons. The molecular weight excluding hydrogens is 242 g/mol. The molecule has 0 bridgehead atoms. The van der Waals surface area contributed by atoms with Gasteiger partial charge in [0.1, 0.15) is 5.52 Å². The Labute approximate surface area is 112 Å². The first-order chi connectivity index (χ1) is 9.20. The molecule has 1 fully saturated rings. The summed E-state index contributed by atoms with van der Waals surface area (Å²) in [5, 5.41) is 4.55. The van der Waals surface area contributed by atoms with E-state index in [1.807, 2.05) is 16.3 Å². The molecule has 19 heavy (non-hydrogen) atoms. The number of nitrogens with two attached hydrogens (primary N) is 1. The first-order valence-corrected chi connectivity index (χ1v) is 7.00. The predicted octanol–water partition coefficient (Wildman–Crippen LogP) is 1.48. The van der Waals surface area contributed by atoms with Gasteiger partial charge >= 0.3 is 0 Å². The van der Waals surface area contributed by atoms with Crippen molar-refractivity contribution in [3.63, 3.8) is 0 Å². The standard InChI is InChI=1S/C13H21N5O/c1-3-5-10-11-12(17(2)16-10)18(13(14)15-11)8-9-6-4-7-19-9/h9H,3-8H2,1-2H3,(H2,14,15). The van der Waals surface area contributed by atoms with Gasteiger partial charge in [-0.3, -0.25) is 9.25 Å². The number of fused-ring (bicyclic) bond motifs is 1. The highest BCUT2D eigenvalue weighted by molar-refractivity contribution is 5.77. The van der Waals surface area contributed by atoms with Gasteiger partial charge in [0.15, 0.2) is 5.65 Å². The Kier molecular flexibility index (Phi) is 3.18. The Hall–Kier alpha value is -1.56. The Morgan fingerprint density at radius 2 is 2.32 bits per heavy atom. The van der Waals surface area contributed by atoms with Crippen LogP contribution in [0.5, 0.6) is 0 Å². The van der Waals surface area contributed by atoms with Crippen LogP contribution in [0.2, 0.25) is 0 Å². The topological polar surface area (TPSA) is 70.9 Å². The van der Waals surface area contributed by atoms with E-state index in [4.69, 9.17) is 10.5 Å². The Balaban J connectivity index is 2.00. The van der Waals surface area contributed by atoms with Crippen LogP contribution in [0, 0.1) is 0 Å². The zero-order chi connectivity index (χ0) is 13.4. The molecule has 0 spiro atoms. The van der Waals surface area contributed by atoms with Crippen LogP contribution in [-0.2, 0) is 24.8 Å². The SMILES string of the molecule is CCCc1nn(C)c2c1nc(N)n2CC1CCCO1. The second-order valence-corrected chi connectivity index (χ2v) is 5.21. The fourth-order valence-corrected chi connectivity index (χ4v) is 2.84. The van der Waals surface area contributed by atoms with E-state index in [2.05, 4.69) is 17.0 Å². The maximum Gasteiger partial charge on any atom is 0.202 e. The second-order valence-electron chi connectivity index (χ2n) is 5.21. The molecule has 6 nitrogen and oxygen atoms in total. The van der Waals surface area contributed by atoms with E-state index in [-0.39, 0.29) is 6.10 Å². The number of aromatic nitrogens is 4. The van der Waals surface area contributed by atoms with Crippen LogP contribution in [-0.4, -0.2) is 32.0 Å². The van der Waals surface area contributed by atoms with E-state index in [0.29, 0.717) is 5.95 Å². The predicted molar refractivity (Wildman–Crippen MR) is 73.9 cm³/mol. The average Bonchev–Trinajstić information content (AvgIpc) is 3.04. The normalized spacial score (nSPS) is 19.6. The summed E-state index contributed by atoms with van der Waals surface area (Å²) in [6, 6.07) is 0. The van der Waals surface area contributed by atoms with Crippen LogP contribution >= 0.6 is 0 Å². The van der Waals surface area contributed by atoms with Gasteiger partial charge in [0, 0.05) is 13.7 Å². The highest BCUT2D eigenvalue weighted by atomic mass is 16.5. The van der Waals surface area contributed by atoms with Gasteiger partial charge in [0.05, 0.1) is 18.3 Å². The number of imidazole rings is 1. The lowest BCUT2D eigenvalue weighted by Gasteiger charge is -2.12. The smallest absolute Gasteiger partial charge is 0.202 e. The minimum absolute atomic E-state index is 0.254. The zero-order valence-corrected chi connectivity index (χ0v) is 11.6.